The molecule has 0 aromatic heterocycles. The highest BCUT2D eigenvalue weighted by molar-refractivity contribution is 5.85. The van der Waals surface area contributed by atoms with Crippen LogP contribution in [0.3, 0.4) is 0 Å². The maximum atomic E-state index is 11.2. The maximum Gasteiger partial charge on any atom is 0.332 e. The van der Waals surface area contributed by atoms with Gasteiger partial charge in [-0.3, -0.25) is 0 Å². The molecule has 0 bridgehead atoms. The van der Waals surface area contributed by atoms with E-state index in [1.165, 1.54) is 19.3 Å². The van der Waals surface area contributed by atoms with Crippen molar-refractivity contribution in [3.8, 4) is 0 Å². The van der Waals surface area contributed by atoms with E-state index in [0.717, 1.165) is 18.8 Å². The minimum Gasteiger partial charge on any atom is -0.463 e. The Morgan fingerprint density at radius 2 is 1.93 bits per heavy atom. The maximum absolute atomic E-state index is 11.2. The average molecular weight is 234 g/mol. The highest BCUT2D eigenvalue weighted by Gasteiger charge is 2.11. The predicted octanol–water partition coefficient (Wildman–Crippen LogP) is 2.36. The Hall–Kier alpha value is -0.700. The van der Waals surface area contributed by atoms with Crippen molar-refractivity contribution in [2.45, 2.75) is 33.1 Å². The number of hydrogen-bond acceptors (Lipinski definition) is 3. The van der Waals surface area contributed by atoms with Crippen LogP contribution < -0.4 is 0 Å². The van der Waals surface area contributed by atoms with Crippen LogP contribution in [0.5, 0.6) is 0 Å². The number of ether oxygens (including phenoxy) is 1. The van der Waals surface area contributed by atoms with Crippen LogP contribution in [-0.2, 0) is 9.53 Å². The summed E-state index contributed by atoms with van der Waals surface area (Å²) in [6.45, 7) is 6.39. The Morgan fingerprint density at radius 3 is 2.47 bits per heavy atom. The SMILES string of the molecule is CCOC(=O)/C=C(\C)N1CCCCC1.Cl. The zero-order valence-corrected chi connectivity index (χ0v) is 10.3. The van der Waals surface area contributed by atoms with Crippen molar-refractivity contribution in [1.29, 1.82) is 0 Å². The molecule has 0 spiro atoms. The van der Waals surface area contributed by atoms with Crippen LogP contribution >= 0.6 is 12.4 Å². The molecule has 1 fully saturated rings. The molecule has 1 aliphatic rings. The van der Waals surface area contributed by atoms with E-state index in [1.54, 1.807) is 6.08 Å². The van der Waals surface area contributed by atoms with Gasteiger partial charge in [-0.2, -0.15) is 0 Å². The van der Waals surface area contributed by atoms with Gasteiger partial charge in [0.05, 0.1) is 6.61 Å². The summed E-state index contributed by atoms with van der Waals surface area (Å²) in [5, 5.41) is 0. The van der Waals surface area contributed by atoms with Gasteiger partial charge in [0.15, 0.2) is 0 Å². The molecule has 4 heteroatoms. The number of likely N-dealkylation sites (tertiary alicyclic amines) is 1. The molecule has 0 aliphatic carbocycles. The van der Waals surface area contributed by atoms with E-state index in [2.05, 4.69) is 4.90 Å². The summed E-state index contributed by atoms with van der Waals surface area (Å²) in [5.74, 6) is -0.226. The standard InChI is InChI=1S/C11H19NO2.ClH/c1-3-14-11(13)9-10(2)12-7-5-4-6-8-12;/h9H,3-8H2,1-2H3;1H/b10-9+;. The predicted molar refractivity (Wildman–Crippen MR) is 63.1 cm³/mol. The average Bonchev–Trinajstić information content (AvgIpc) is 2.19. The largest absolute Gasteiger partial charge is 0.463 e. The zero-order valence-electron chi connectivity index (χ0n) is 9.49. The van der Waals surface area contributed by atoms with Gasteiger partial charge in [-0.1, -0.05) is 0 Å². The highest BCUT2D eigenvalue weighted by atomic mass is 35.5. The molecule has 0 saturated carbocycles. The number of allylic oxidation sites excluding steroid dienone is 1. The van der Waals surface area contributed by atoms with E-state index in [-0.39, 0.29) is 18.4 Å². The van der Waals surface area contributed by atoms with Crippen LogP contribution in [0.15, 0.2) is 11.8 Å². The minimum atomic E-state index is -0.226. The second-order valence-corrected chi connectivity index (χ2v) is 3.59. The van der Waals surface area contributed by atoms with E-state index < -0.39 is 0 Å². The van der Waals surface area contributed by atoms with E-state index in [4.69, 9.17) is 4.74 Å². The van der Waals surface area contributed by atoms with E-state index in [0.29, 0.717) is 6.61 Å². The third-order valence-electron chi connectivity index (χ3n) is 2.47. The van der Waals surface area contributed by atoms with Gasteiger partial charge in [0.2, 0.25) is 0 Å². The summed E-state index contributed by atoms with van der Waals surface area (Å²) in [7, 11) is 0. The molecular weight excluding hydrogens is 214 g/mol. The smallest absolute Gasteiger partial charge is 0.332 e. The number of nitrogens with zero attached hydrogens (tertiary/aromatic N) is 1. The van der Waals surface area contributed by atoms with Gasteiger partial charge in [0, 0.05) is 24.9 Å². The normalized spacial score (nSPS) is 16.9. The summed E-state index contributed by atoms with van der Waals surface area (Å²) in [6, 6.07) is 0. The van der Waals surface area contributed by atoms with Crippen LogP contribution in [0, 0.1) is 0 Å². The molecule has 0 aromatic rings. The topological polar surface area (TPSA) is 29.5 Å². The summed E-state index contributed by atoms with van der Waals surface area (Å²) < 4.78 is 4.86. The third kappa shape index (κ3) is 5.07. The molecule has 1 rings (SSSR count). The number of rotatable bonds is 3. The quantitative estimate of drug-likeness (QED) is 0.554. The highest BCUT2D eigenvalue weighted by Crippen LogP contribution is 2.13. The summed E-state index contributed by atoms with van der Waals surface area (Å²) in [6.07, 6.45) is 5.36. The second kappa shape index (κ2) is 7.57. The van der Waals surface area contributed by atoms with Gasteiger partial charge in [-0.25, -0.2) is 4.79 Å². The molecular formula is C11H20ClNO2. The van der Waals surface area contributed by atoms with Crippen molar-refractivity contribution >= 4 is 18.4 Å². The Balaban J connectivity index is 0.00000196. The van der Waals surface area contributed by atoms with Crippen molar-refractivity contribution in [3.63, 3.8) is 0 Å². The molecule has 0 atom stereocenters. The number of carbonyl (C=O) groups excluding carboxylic acids is 1. The fourth-order valence-electron chi connectivity index (χ4n) is 1.69. The molecule has 3 nitrogen and oxygen atoms in total. The number of hydrogen-bond donors (Lipinski definition) is 0. The molecule has 0 unspecified atom stereocenters. The molecule has 1 heterocycles. The number of halogens is 1. The summed E-state index contributed by atoms with van der Waals surface area (Å²) in [5.41, 5.74) is 1.03. The Kier molecular flexibility index (Phi) is 7.22. The van der Waals surface area contributed by atoms with Crippen molar-refractivity contribution in [3.05, 3.63) is 11.8 Å². The lowest BCUT2D eigenvalue weighted by Crippen LogP contribution is -2.28. The molecule has 0 aromatic carbocycles. The van der Waals surface area contributed by atoms with E-state index >= 15 is 0 Å². The van der Waals surface area contributed by atoms with Crippen LogP contribution in [0.1, 0.15) is 33.1 Å². The summed E-state index contributed by atoms with van der Waals surface area (Å²) in [4.78, 5) is 13.4. The lowest BCUT2D eigenvalue weighted by atomic mass is 10.1. The van der Waals surface area contributed by atoms with Gasteiger partial charge in [-0.15, -0.1) is 12.4 Å². The Bertz CT molecular complexity index is 223. The lowest BCUT2D eigenvalue weighted by Gasteiger charge is -2.29. The molecule has 15 heavy (non-hydrogen) atoms. The number of carbonyl (C=O) groups is 1. The first-order valence-corrected chi connectivity index (χ1v) is 5.34. The second-order valence-electron chi connectivity index (χ2n) is 3.59. The van der Waals surface area contributed by atoms with Crippen LogP contribution in [0.25, 0.3) is 0 Å². The lowest BCUT2D eigenvalue weighted by molar-refractivity contribution is -0.137. The third-order valence-corrected chi connectivity index (χ3v) is 2.47. The van der Waals surface area contributed by atoms with Crippen molar-refractivity contribution in [2.24, 2.45) is 0 Å². The number of esters is 1. The van der Waals surface area contributed by atoms with Gasteiger partial charge in [0.25, 0.3) is 0 Å². The van der Waals surface area contributed by atoms with Crippen LogP contribution in [-0.4, -0.2) is 30.6 Å². The van der Waals surface area contributed by atoms with Gasteiger partial charge < -0.3 is 9.64 Å². The van der Waals surface area contributed by atoms with Crippen molar-refractivity contribution < 1.29 is 9.53 Å². The van der Waals surface area contributed by atoms with Gasteiger partial charge in [0.1, 0.15) is 0 Å². The fourth-order valence-corrected chi connectivity index (χ4v) is 1.69. The Morgan fingerprint density at radius 1 is 1.33 bits per heavy atom. The first-order chi connectivity index (χ1) is 6.74. The molecule has 1 aliphatic heterocycles. The summed E-state index contributed by atoms with van der Waals surface area (Å²) >= 11 is 0. The molecule has 1 saturated heterocycles. The molecule has 0 amide bonds. The van der Waals surface area contributed by atoms with Crippen molar-refractivity contribution in [1.82, 2.24) is 4.90 Å². The van der Waals surface area contributed by atoms with E-state index in [9.17, 15) is 4.79 Å². The first-order valence-electron chi connectivity index (χ1n) is 5.34. The fraction of sp³-hybridized carbons (Fsp3) is 0.727. The first kappa shape index (κ1) is 14.3. The van der Waals surface area contributed by atoms with Crippen LogP contribution in [0.4, 0.5) is 0 Å². The number of piperidine rings is 1. The minimum absolute atomic E-state index is 0. The van der Waals surface area contributed by atoms with Gasteiger partial charge >= 0.3 is 5.97 Å². The van der Waals surface area contributed by atoms with Crippen LogP contribution in [0.2, 0.25) is 0 Å². The van der Waals surface area contributed by atoms with E-state index in [1.807, 2.05) is 13.8 Å². The molecule has 0 N–H and O–H groups in total. The van der Waals surface area contributed by atoms with Crippen molar-refractivity contribution in [2.75, 3.05) is 19.7 Å². The Labute approximate surface area is 97.9 Å². The monoisotopic (exact) mass is 233 g/mol. The molecule has 88 valence electrons. The molecule has 0 radical (unpaired) electrons. The van der Waals surface area contributed by atoms with Gasteiger partial charge in [-0.05, 0) is 33.1 Å². The zero-order chi connectivity index (χ0) is 10.4.